The van der Waals surface area contributed by atoms with E-state index in [2.05, 4.69) is 10.0 Å². The molecule has 0 saturated heterocycles. The average molecular weight is 300 g/mol. The van der Waals surface area contributed by atoms with Crippen LogP contribution in [0.3, 0.4) is 0 Å². The van der Waals surface area contributed by atoms with E-state index in [0.717, 1.165) is 5.56 Å². The molecule has 0 saturated carbocycles. The van der Waals surface area contributed by atoms with Gasteiger partial charge in [-0.05, 0) is 50.6 Å². The molecule has 0 atom stereocenters. The molecule has 1 amide bonds. The Kier molecular flexibility index (Phi) is 5.67. The van der Waals surface area contributed by atoms with Gasteiger partial charge >= 0.3 is 0 Å². The van der Waals surface area contributed by atoms with E-state index < -0.39 is 10.0 Å². The van der Waals surface area contributed by atoms with Crippen LogP contribution in [0.2, 0.25) is 0 Å². The van der Waals surface area contributed by atoms with Gasteiger partial charge in [-0.2, -0.15) is 0 Å². The molecule has 1 rings (SSSR count). The molecule has 0 spiro atoms. The number of sulfonamides is 1. The maximum Gasteiger partial charge on any atom is 0.251 e. The van der Waals surface area contributed by atoms with E-state index in [0.29, 0.717) is 24.1 Å². The monoisotopic (exact) mass is 300 g/mol. The number of aliphatic hydroxyl groups is 1. The maximum absolute atomic E-state index is 11.9. The van der Waals surface area contributed by atoms with Crippen LogP contribution in [0, 0.1) is 13.8 Å². The molecule has 20 heavy (non-hydrogen) atoms. The molecule has 0 fully saturated rings. The van der Waals surface area contributed by atoms with Crippen LogP contribution in [0.25, 0.3) is 0 Å². The van der Waals surface area contributed by atoms with Crippen LogP contribution in [0.1, 0.15) is 27.9 Å². The molecule has 1 aromatic carbocycles. The van der Waals surface area contributed by atoms with Crippen molar-refractivity contribution in [3.63, 3.8) is 0 Å². The molecule has 1 aromatic rings. The van der Waals surface area contributed by atoms with Crippen molar-refractivity contribution in [2.75, 3.05) is 20.2 Å². The summed E-state index contributed by atoms with van der Waals surface area (Å²) >= 11 is 0. The molecule has 6 nitrogen and oxygen atoms in total. The lowest BCUT2D eigenvalue weighted by Crippen LogP contribution is -2.26. The standard InChI is InChI=1S/C13H20N2O4S/c1-9-7-11(13(17)15-5-4-6-16)8-12(10(9)2)20(18,19)14-3/h7-8,14,16H,4-6H2,1-3H3,(H,15,17). The number of carbonyl (C=O) groups is 1. The first-order valence-electron chi connectivity index (χ1n) is 6.27. The van der Waals surface area contributed by atoms with E-state index in [4.69, 9.17) is 5.11 Å². The zero-order valence-corrected chi connectivity index (χ0v) is 12.7. The number of aliphatic hydroxyl groups excluding tert-OH is 1. The summed E-state index contributed by atoms with van der Waals surface area (Å²) in [6, 6.07) is 3.01. The largest absolute Gasteiger partial charge is 0.396 e. The summed E-state index contributed by atoms with van der Waals surface area (Å²) in [7, 11) is -2.27. The second-order valence-corrected chi connectivity index (χ2v) is 6.31. The third-order valence-electron chi connectivity index (χ3n) is 3.06. The van der Waals surface area contributed by atoms with Crippen molar-refractivity contribution in [1.82, 2.24) is 10.0 Å². The van der Waals surface area contributed by atoms with Crippen molar-refractivity contribution in [1.29, 1.82) is 0 Å². The zero-order chi connectivity index (χ0) is 15.3. The Morgan fingerprint density at radius 3 is 2.50 bits per heavy atom. The Balaban J connectivity index is 3.15. The van der Waals surface area contributed by atoms with E-state index >= 15 is 0 Å². The Morgan fingerprint density at radius 2 is 1.95 bits per heavy atom. The summed E-state index contributed by atoms with van der Waals surface area (Å²) in [6.45, 7) is 3.80. The predicted molar refractivity (Wildman–Crippen MR) is 76.2 cm³/mol. The van der Waals surface area contributed by atoms with Gasteiger partial charge in [-0.25, -0.2) is 13.1 Å². The van der Waals surface area contributed by atoms with Gasteiger partial charge in [0.15, 0.2) is 0 Å². The predicted octanol–water partition coefficient (Wildman–Crippen LogP) is 0.324. The van der Waals surface area contributed by atoms with Crippen LogP contribution < -0.4 is 10.0 Å². The number of benzene rings is 1. The molecule has 112 valence electrons. The molecule has 0 bridgehead atoms. The number of hydrogen-bond acceptors (Lipinski definition) is 4. The normalized spacial score (nSPS) is 11.4. The van der Waals surface area contributed by atoms with E-state index in [-0.39, 0.29) is 17.4 Å². The van der Waals surface area contributed by atoms with Gasteiger partial charge in [-0.15, -0.1) is 0 Å². The van der Waals surface area contributed by atoms with E-state index in [9.17, 15) is 13.2 Å². The molecule has 0 unspecified atom stereocenters. The molecule has 0 radical (unpaired) electrons. The zero-order valence-electron chi connectivity index (χ0n) is 11.9. The fourth-order valence-corrected chi connectivity index (χ4v) is 2.80. The number of rotatable bonds is 6. The molecule has 0 aliphatic carbocycles. The maximum atomic E-state index is 11.9. The number of hydrogen-bond donors (Lipinski definition) is 3. The van der Waals surface area contributed by atoms with E-state index in [1.807, 2.05) is 0 Å². The lowest BCUT2D eigenvalue weighted by Gasteiger charge is -2.12. The second-order valence-electron chi connectivity index (χ2n) is 4.46. The highest BCUT2D eigenvalue weighted by Crippen LogP contribution is 2.20. The van der Waals surface area contributed by atoms with Crippen molar-refractivity contribution >= 4 is 15.9 Å². The van der Waals surface area contributed by atoms with Gasteiger partial charge < -0.3 is 10.4 Å². The first kappa shape index (κ1) is 16.6. The fraction of sp³-hybridized carbons (Fsp3) is 0.462. The second kappa shape index (κ2) is 6.83. The Morgan fingerprint density at radius 1 is 1.30 bits per heavy atom. The van der Waals surface area contributed by atoms with Crippen LogP contribution in [-0.4, -0.2) is 39.6 Å². The Labute approximate surface area is 119 Å². The fourth-order valence-electron chi connectivity index (χ4n) is 1.73. The first-order chi connectivity index (χ1) is 9.33. The van der Waals surface area contributed by atoms with Gasteiger partial charge in [0.05, 0.1) is 4.90 Å². The molecular weight excluding hydrogens is 280 g/mol. The van der Waals surface area contributed by atoms with Gasteiger partial charge in [0.1, 0.15) is 0 Å². The smallest absolute Gasteiger partial charge is 0.251 e. The van der Waals surface area contributed by atoms with Crippen molar-refractivity contribution in [2.45, 2.75) is 25.2 Å². The van der Waals surface area contributed by atoms with Crippen molar-refractivity contribution in [3.8, 4) is 0 Å². The summed E-state index contributed by atoms with van der Waals surface area (Å²) in [6.07, 6.45) is 0.457. The molecule has 0 aliphatic rings. The highest BCUT2D eigenvalue weighted by atomic mass is 32.2. The molecule has 3 N–H and O–H groups in total. The van der Waals surface area contributed by atoms with Gasteiger partial charge in [-0.3, -0.25) is 4.79 Å². The summed E-state index contributed by atoms with van der Waals surface area (Å²) in [5.41, 5.74) is 1.64. The summed E-state index contributed by atoms with van der Waals surface area (Å²) < 4.78 is 26.1. The van der Waals surface area contributed by atoms with Gasteiger partial charge in [0, 0.05) is 18.7 Å². The minimum atomic E-state index is -3.60. The number of amides is 1. The van der Waals surface area contributed by atoms with Crippen LogP contribution in [0.15, 0.2) is 17.0 Å². The minimum Gasteiger partial charge on any atom is -0.396 e. The molecule has 0 aliphatic heterocycles. The van der Waals surface area contributed by atoms with E-state index in [1.54, 1.807) is 19.9 Å². The van der Waals surface area contributed by atoms with E-state index in [1.165, 1.54) is 13.1 Å². The highest BCUT2D eigenvalue weighted by Gasteiger charge is 2.19. The topological polar surface area (TPSA) is 95.5 Å². The van der Waals surface area contributed by atoms with Crippen LogP contribution >= 0.6 is 0 Å². The first-order valence-corrected chi connectivity index (χ1v) is 7.75. The van der Waals surface area contributed by atoms with Crippen LogP contribution in [0.5, 0.6) is 0 Å². The lowest BCUT2D eigenvalue weighted by atomic mass is 10.1. The number of nitrogens with one attached hydrogen (secondary N) is 2. The summed E-state index contributed by atoms with van der Waals surface area (Å²) in [4.78, 5) is 12.0. The van der Waals surface area contributed by atoms with Gasteiger partial charge in [-0.1, -0.05) is 0 Å². The molecule has 0 aromatic heterocycles. The number of aryl methyl sites for hydroxylation is 1. The number of carbonyl (C=O) groups excluding carboxylic acids is 1. The van der Waals surface area contributed by atoms with Crippen LogP contribution in [-0.2, 0) is 10.0 Å². The van der Waals surface area contributed by atoms with Gasteiger partial charge in [0.25, 0.3) is 5.91 Å². The van der Waals surface area contributed by atoms with Crippen molar-refractivity contribution in [3.05, 3.63) is 28.8 Å². The third kappa shape index (κ3) is 3.78. The molecule has 0 heterocycles. The van der Waals surface area contributed by atoms with Crippen molar-refractivity contribution < 1.29 is 18.3 Å². The SMILES string of the molecule is CNS(=O)(=O)c1cc(C(=O)NCCCO)cc(C)c1C. The molecule has 7 heteroatoms. The average Bonchev–Trinajstić information content (AvgIpc) is 2.41. The highest BCUT2D eigenvalue weighted by molar-refractivity contribution is 7.89. The van der Waals surface area contributed by atoms with Crippen LogP contribution in [0.4, 0.5) is 0 Å². The Hall–Kier alpha value is -1.44. The summed E-state index contributed by atoms with van der Waals surface area (Å²) in [5, 5.41) is 11.3. The Bertz CT molecular complexity index is 597. The third-order valence-corrected chi connectivity index (χ3v) is 4.60. The molecular formula is C13H20N2O4S. The minimum absolute atomic E-state index is 0.00735. The quantitative estimate of drug-likeness (QED) is 0.659. The van der Waals surface area contributed by atoms with Gasteiger partial charge in [0.2, 0.25) is 10.0 Å². The summed E-state index contributed by atoms with van der Waals surface area (Å²) in [5.74, 6) is -0.353. The lowest BCUT2D eigenvalue weighted by molar-refractivity contribution is 0.0951. The van der Waals surface area contributed by atoms with Crippen molar-refractivity contribution in [2.24, 2.45) is 0 Å².